The van der Waals surface area contributed by atoms with Gasteiger partial charge in [-0.1, -0.05) is 12.8 Å². The maximum Gasteiger partial charge on any atom is 0.00964 e. The zero-order valence-electron chi connectivity index (χ0n) is 13.2. The molecule has 2 unspecified atom stereocenters. The third-order valence-corrected chi connectivity index (χ3v) is 5.41. The van der Waals surface area contributed by atoms with Crippen molar-refractivity contribution in [2.45, 2.75) is 88.9 Å². The molecule has 3 nitrogen and oxygen atoms in total. The van der Waals surface area contributed by atoms with Crippen LogP contribution in [0.5, 0.6) is 0 Å². The van der Waals surface area contributed by atoms with Gasteiger partial charge in [0.05, 0.1) is 0 Å². The molecule has 20 heavy (non-hydrogen) atoms. The molecule has 3 fully saturated rings. The molecule has 0 radical (unpaired) electrons. The fourth-order valence-corrected chi connectivity index (χ4v) is 4.07. The predicted octanol–water partition coefficient (Wildman–Crippen LogP) is 2.51. The van der Waals surface area contributed by atoms with Gasteiger partial charge in [-0.05, 0) is 71.5 Å². The summed E-state index contributed by atoms with van der Waals surface area (Å²) in [4.78, 5) is 2.72. The van der Waals surface area contributed by atoms with E-state index in [9.17, 15) is 0 Å². The molecule has 116 valence electrons. The van der Waals surface area contributed by atoms with Crippen molar-refractivity contribution in [1.29, 1.82) is 0 Å². The van der Waals surface area contributed by atoms with Crippen LogP contribution in [0.3, 0.4) is 0 Å². The highest BCUT2D eigenvalue weighted by Gasteiger charge is 2.32. The number of piperidine rings is 1. The van der Waals surface area contributed by atoms with Crippen LogP contribution in [0.25, 0.3) is 0 Å². The van der Waals surface area contributed by atoms with Crippen molar-refractivity contribution in [3.63, 3.8) is 0 Å². The van der Waals surface area contributed by atoms with E-state index in [1.807, 2.05) is 0 Å². The highest BCUT2D eigenvalue weighted by atomic mass is 15.2. The van der Waals surface area contributed by atoms with Crippen molar-refractivity contribution < 1.29 is 0 Å². The molecule has 2 atom stereocenters. The van der Waals surface area contributed by atoms with Crippen LogP contribution in [-0.2, 0) is 0 Å². The van der Waals surface area contributed by atoms with Crippen molar-refractivity contribution in [2.24, 2.45) is 0 Å². The molecule has 0 aromatic heterocycles. The molecule has 3 heteroatoms. The average Bonchev–Trinajstić information content (AvgIpc) is 3.27. The number of hydrogen-bond donors (Lipinski definition) is 2. The molecule has 2 saturated heterocycles. The van der Waals surface area contributed by atoms with Gasteiger partial charge >= 0.3 is 0 Å². The van der Waals surface area contributed by atoms with Gasteiger partial charge in [0.15, 0.2) is 0 Å². The van der Waals surface area contributed by atoms with Crippen LogP contribution in [-0.4, -0.2) is 48.7 Å². The number of hydrogen-bond acceptors (Lipinski definition) is 3. The molecule has 0 bridgehead atoms. The van der Waals surface area contributed by atoms with E-state index < -0.39 is 0 Å². The summed E-state index contributed by atoms with van der Waals surface area (Å²) in [6.45, 7) is 6.28. The first kappa shape index (κ1) is 14.8. The van der Waals surface area contributed by atoms with Gasteiger partial charge in [0.25, 0.3) is 0 Å². The van der Waals surface area contributed by atoms with E-state index in [-0.39, 0.29) is 0 Å². The first-order chi connectivity index (χ1) is 9.81. The van der Waals surface area contributed by atoms with Gasteiger partial charge in [0, 0.05) is 24.2 Å². The molecule has 3 rings (SSSR count). The van der Waals surface area contributed by atoms with Crippen LogP contribution in [0.1, 0.15) is 64.7 Å². The van der Waals surface area contributed by atoms with Gasteiger partial charge in [-0.3, -0.25) is 0 Å². The van der Waals surface area contributed by atoms with Crippen LogP contribution in [0.2, 0.25) is 0 Å². The van der Waals surface area contributed by atoms with E-state index in [2.05, 4.69) is 22.5 Å². The molecular weight excluding hydrogens is 246 g/mol. The Morgan fingerprint density at radius 2 is 1.85 bits per heavy atom. The molecule has 2 heterocycles. The smallest absolute Gasteiger partial charge is 0.00964 e. The van der Waals surface area contributed by atoms with Crippen molar-refractivity contribution >= 4 is 0 Å². The lowest BCUT2D eigenvalue weighted by Crippen LogP contribution is -2.47. The van der Waals surface area contributed by atoms with Gasteiger partial charge < -0.3 is 15.5 Å². The Bertz CT molecular complexity index is 274. The molecular formula is C17H33N3. The molecule has 1 aliphatic carbocycles. The third kappa shape index (κ3) is 4.44. The Hall–Kier alpha value is -0.120. The molecule has 1 saturated carbocycles. The summed E-state index contributed by atoms with van der Waals surface area (Å²) in [7, 11) is 0. The SMILES string of the molecule is CC(CC1CCCCCN1)NC1CCN(C2CC2)CC1. The van der Waals surface area contributed by atoms with Gasteiger partial charge in [-0.15, -0.1) is 0 Å². The zero-order valence-corrected chi connectivity index (χ0v) is 13.2. The van der Waals surface area contributed by atoms with Gasteiger partial charge in [-0.2, -0.15) is 0 Å². The number of nitrogens with zero attached hydrogens (tertiary/aromatic N) is 1. The van der Waals surface area contributed by atoms with Crippen molar-refractivity contribution in [1.82, 2.24) is 15.5 Å². The quantitative estimate of drug-likeness (QED) is 0.810. The van der Waals surface area contributed by atoms with E-state index in [1.165, 1.54) is 77.4 Å². The Kier molecular flexibility index (Phi) is 5.36. The van der Waals surface area contributed by atoms with E-state index >= 15 is 0 Å². The molecule has 2 aliphatic heterocycles. The fourth-order valence-electron chi connectivity index (χ4n) is 4.07. The summed E-state index contributed by atoms with van der Waals surface area (Å²) in [5, 5.41) is 7.63. The van der Waals surface area contributed by atoms with E-state index in [1.54, 1.807) is 0 Å². The number of nitrogens with one attached hydrogen (secondary N) is 2. The summed E-state index contributed by atoms with van der Waals surface area (Å²) in [6, 6.07) is 3.16. The second-order valence-electron chi connectivity index (χ2n) is 7.35. The predicted molar refractivity (Wildman–Crippen MR) is 85.1 cm³/mol. The summed E-state index contributed by atoms with van der Waals surface area (Å²) in [5.74, 6) is 0. The minimum Gasteiger partial charge on any atom is -0.314 e. The first-order valence-corrected chi connectivity index (χ1v) is 9.05. The molecule has 0 amide bonds. The Labute approximate surface area is 124 Å². The highest BCUT2D eigenvalue weighted by molar-refractivity contribution is 4.89. The van der Waals surface area contributed by atoms with Crippen molar-refractivity contribution in [3.05, 3.63) is 0 Å². The summed E-state index contributed by atoms with van der Waals surface area (Å²) < 4.78 is 0. The minimum absolute atomic E-state index is 0.670. The second-order valence-corrected chi connectivity index (χ2v) is 7.35. The number of likely N-dealkylation sites (tertiary alicyclic amines) is 1. The maximum absolute atomic E-state index is 3.90. The van der Waals surface area contributed by atoms with Crippen LogP contribution in [0.15, 0.2) is 0 Å². The first-order valence-electron chi connectivity index (χ1n) is 9.05. The molecule has 0 spiro atoms. The average molecular weight is 279 g/mol. The summed E-state index contributed by atoms with van der Waals surface area (Å²) >= 11 is 0. The van der Waals surface area contributed by atoms with Crippen LogP contribution < -0.4 is 10.6 Å². The Morgan fingerprint density at radius 3 is 2.60 bits per heavy atom. The second kappa shape index (κ2) is 7.24. The van der Waals surface area contributed by atoms with Crippen molar-refractivity contribution in [3.8, 4) is 0 Å². The van der Waals surface area contributed by atoms with Crippen LogP contribution in [0.4, 0.5) is 0 Å². The van der Waals surface area contributed by atoms with E-state index in [0.29, 0.717) is 6.04 Å². The fraction of sp³-hybridized carbons (Fsp3) is 1.00. The number of rotatable bonds is 5. The normalized spacial score (nSPS) is 31.9. The summed E-state index contributed by atoms with van der Waals surface area (Å²) in [5.41, 5.74) is 0. The molecule has 0 aromatic carbocycles. The lowest BCUT2D eigenvalue weighted by atomic mass is 10.00. The maximum atomic E-state index is 3.90. The van der Waals surface area contributed by atoms with Gasteiger partial charge in [-0.25, -0.2) is 0 Å². The Balaban J connectivity index is 1.34. The topological polar surface area (TPSA) is 27.3 Å². The molecule has 0 aromatic rings. The summed E-state index contributed by atoms with van der Waals surface area (Å²) in [6.07, 6.45) is 12.5. The third-order valence-electron chi connectivity index (χ3n) is 5.41. The van der Waals surface area contributed by atoms with Crippen molar-refractivity contribution in [2.75, 3.05) is 19.6 Å². The Morgan fingerprint density at radius 1 is 1.05 bits per heavy atom. The lowest BCUT2D eigenvalue weighted by molar-refractivity contribution is 0.181. The zero-order chi connectivity index (χ0) is 13.8. The van der Waals surface area contributed by atoms with E-state index in [4.69, 9.17) is 0 Å². The largest absolute Gasteiger partial charge is 0.314 e. The van der Waals surface area contributed by atoms with Crippen LogP contribution >= 0.6 is 0 Å². The van der Waals surface area contributed by atoms with Crippen LogP contribution in [0, 0.1) is 0 Å². The molecule has 2 N–H and O–H groups in total. The highest BCUT2D eigenvalue weighted by Crippen LogP contribution is 2.29. The van der Waals surface area contributed by atoms with Gasteiger partial charge in [0.1, 0.15) is 0 Å². The van der Waals surface area contributed by atoms with Gasteiger partial charge in [0.2, 0.25) is 0 Å². The minimum atomic E-state index is 0.670. The monoisotopic (exact) mass is 279 g/mol. The van der Waals surface area contributed by atoms with E-state index in [0.717, 1.165) is 18.1 Å². The molecule has 3 aliphatic rings. The lowest BCUT2D eigenvalue weighted by Gasteiger charge is -2.34. The standard InChI is InChI=1S/C17H33N3/c1-14(13-16-5-3-2-4-10-18-16)19-15-8-11-20(12-9-15)17-6-7-17/h14-19H,2-13H2,1H3.